The highest BCUT2D eigenvalue weighted by Gasteiger charge is 2.24. The fourth-order valence-corrected chi connectivity index (χ4v) is 7.30. The van der Waals surface area contributed by atoms with E-state index in [1.165, 1.54) is 47.6 Å². The summed E-state index contributed by atoms with van der Waals surface area (Å²) in [5.74, 6) is 3.03. The van der Waals surface area contributed by atoms with Crippen LogP contribution in [0.5, 0.6) is 0 Å². The SMILES string of the molecule is CC(C)(C)C1=C(F)C=NC1.CC(C)(C)C1=CCC=CO1.CC(C)(C)C1=CCCCO1.CC(C)(C)c1cc(=O)cc[nH]1.CC(C)(C)c1ccccc1.CC(C)(C)c1ccno1.Cc1ccc(C(C)(C)C)cn1.Cn1cc(C(C)(C)C)ccc1=O. The predicted octanol–water partition coefficient (Wildman–Crippen LogP) is 18.9. The van der Waals surface area contributed by atoms with Crippen LogP contribution in [-0.2, 0) is 43.6 Å². The number of halogens is 1. The van der Waals surface area contributed by atoms with E-state index in [9.17, 15) is 14.0 Å². The fraction of sp³-hybridized carbons (Fsp3) is 0.542. The van der Waals surface area contributed by atoms with E-state index in [1.54, 1.807) is 42.4 Å². The number of aromatic amines is 1. The van der Waals surface area contributed by atoms with Gasteiger partial charge >= 0.3 is 0 Å². The third kappa shape index (κ3) is 30.7. The van der Waals surface area contributed by atoms with Crippen LogP contribution >= 0.6 is 0 Å². The van der Waals surface area contributed by atoms with Crippen molar-refractivity contribution in [2.75, 3.05) is 13.2 Å². The van der Waals surface area contributed by atoms with Gasteiger partial charge in [-0.3, -0.25) is 19.6 Å². The summed E-state index contributed by atoms with van der Waals surface area (Å²) in [5.41, 5.74) is 7.91. The van der Waals surface area contributed by atoms with Crippen molar-refractivity contribution in [3.05, 3.63) is 199 Å². The van der Waals surface area contributed by atoms with E-state index < -0.39 is 0 Å². The Kier molecular flexibility index (Phi) is 29.3. The number of benzene rings is 1. The standard InChI is InChI=1S/C10H15NO.C10H15N.C10H14.C9H13NO.C9H16O.C9H14O.C8H12FN.C7H11NO/c1-10(2,3)8-5-6-9(12)11(4)7-8;1-8-5-6-9(7-11-8)10(2,3)4;1-10(2,3)9-7-5-4-6-8-9;1-9(2,3)8-6-7(11)4-5-10-8;2*1-9(2,3)8-6-4-5-7-10-8;1-8(2,3)6-4-10-5-7(6)9;1-7(2,3)6-4-5-8-9-6/h5-7H,1-4H3;5-7H,1-4H3;4-8H,1-3H3;4-6H,1-3H3,(H,10,11);6H,4-5,7H2,1-3H3;5-7H,4H2,1-3H3;5H,4H2,1-3H3;4-5H,1-3H3. The zero-order chi connectivity index (χ0) is 63.8. The molecule has 0 aliphatic carbocycles. The van der Waals surface area contributed by atoms with Gasteiger partial charge in [0.05, 0.1) is 37.6 Å². The van der Waals surface area contributed by atoms with Crippen LogP contribution in [0.4, 0.5) is 4.39 Å². The predicted molar refractivity (Wildman–Crippen MR) is 350 cm³/mol. The van der Waals surface area contributed by atoms with E-state index in [-0.39, 0.29) is 54.7 Å². The van der Waals surface area contributed by atoms with Gasteiger partial charge in [-0.1, -0.05) is 214 Å². The molecule has 1 N–H and O–H groups in total. The highest BCUT2D eigenvalue weighted by molar-refractivity contribution is 5.80. The minimum atomic E-state index is -0.146. The molecule has 4 aromatic heterocycles. The highest BCUT2D eigenvalue weighted by Crippen LogP contribution is 2.32. The first-order chi connectivity index (χ1) is 37.8. The number of aliphatic imine (C=N–C) groups is 1. The van der Waals surface area contributed by atoms with E-state index in [0.29, 0.717) is 12.0 Å². The number of hydrogen-bond acceptors (Lipinski definition) is 8. The first-order valence-corrected chi connectivity index (χ1v) is 29.4. The molecule has 0 radical (unpaired) electrons. The Morgan fingerprint density at radius 3 is 1.49 bits per heavy atom. The van der Waals surface area contributed by atoms with E-state index >= 15 is 0 Å². The van der Waals surface area contributed by atoms with Crippen molar-refractivity contribution in [2.24, 2.45) is 28.3 Å². The molecule has 7 heterocycles. The summed E-state index contributed by atoms with van der Waals surface area (Å²) in [6.07, 6.45) is 20.0. The number of H-pyrrole nitrogens is 1. The molecule has 83 heavy (non-hydrogen) atoms. The Balaban J connectivity index is 0.000000475. The molecule has 1 aromatic carbocycles. The van der Waals surface area contributed by atoms with E-state index in [2.05, 4.69) is 220 Å². The second-order valence-electron chi connectivity index (χ2n) is 29.4. The Labute approximate surface area is 502 Å². The lowest BCUT2D eigenvalue weighted by Crippen LogP contribution is -2.19. The van der Waals surface area contributed by atoms with Crippen LogP contribution in [0, 0.1) is 23.2 Å². The lowest BCUT2D eigenvalue weighted by atomic mass is 9.87. The van der Waals surface area contributed by atoms with Crippen molar-refractivity contribution in [2.45, 2.75) is 219 Å². The molecule has 3 aliphatic heterocycles. The van der Waals surface area contributed by atoms with E-state index in [1.807, 2.05) is 58.3 Å². The summed E-state index contributed by atoms with van der Waals surface area (Å²) in [6, 6.07) is 23.3. The smallest absolute Gasteiger partial charge is 0.250 e. The molecule has 0 spiro atoms. The van der Waals surface area contributed by atoms with Gasteiger partial charge in [-0.25, -0.2) is 4.39 Å². The van der Waals surface area contributed by atoms with Gasteiger partial charge in [-0.15, -0.1) is 0 Å². The molecular formula is C72H110FN5O5. The summed E-state index contributed by atoms with van der Waals surface area (Å²) in [4.78, 5) is 33.1. The Bertz CT molecular complexity index is 2920. The second kappa shape index (κ2) is 32.6. The summed E-state index contributed by atoms with van der Waals surface area (Å²) < 4.78 is 30.2. The van der Waals surface area contributed by atoms with Gasteiger partial charge in [0.25, 0.3) is 0 Å². The summed E-state index contributed by atoms with van der Waals surface area (Å²) in [7, 11) is 1.78. The molecule has 0 unspecified atom stereocenters. The van der Waals surface area contributed by atoms with Crippen molar-refractivity contribution < 1.29 is 18.4 Å². The first kappa shape index (κ1) is 74.7. The van der Waals surface area contributed by atoms with Crippen LogP contribution in [0.25, 0.3) is 0 Å². The van der Waals surface area contributed by atoms with Crippen molar-refractivity contribution >= 4 is 6.21 Å². The van der Waals surface area contributed by atoms with Crippen LogP contribution < -0.4 is 11.0 Å². The maximum Gasteiger partial charge on any atom is 0.250 e. The molecule has 0 bridgehead atoms. The quantitative estimate of drug-likeness (QED) is 0.164. The number of aromatic nitrogens is 4. The van der Waals surface area contributed by atoms with Gasteiger partial charge in [-0.2, -0.15) is 0 Å². The van der Waals surface area contributed by atoms with Crippen molar-refractivity contribution in [3.8, 4) is 0 Å². The van der Waals surface area contributed by atoms with Crippen LogP contribution in [0.1, 0.15) is 219 Å². The topological polar surface area (TPSA) is 125 Å². The zero-order valence-electron chi connectivity index (χ0n) is 56.4. The number of allylic oxidation sites excluding steroid dienone is 6. The Morgan fingerprint density at radius 2 is 1.18 bits per heavy atom. The van der Waals surface area contributed by atoms with Gasteiger partial charge in [0.15, 0.2) is 5.43 Å². The van der Waals surface area contributed by atoms with Crippen molar-refractivity contribution in [1.29, 1.82) is 0 Å². The molecule has 460 valence electrons. The number of nitrogens with zero attached hydrogens (tertiary/aromatic N) is 4. The largest absolute Gasteiger partial charge is 0.498 e. The average molecular weight is 1140 g/mol. The molecule has 10 nitrogen and oxygen atoms in total. The molecule has 0 fully saturated rings. The van der Waals surface area contributed by atoms with Gasteiger partial charge < -0.3 is 23.5 Å². The lowest BCUT2D eigenvalue weighted by Gasteiger charge is -2.26. The minimum Gasteiger partial charge on any atom is -0.498 e. The number of aryl methyl sites for hydroxylation is 2. The van der Waals surface area contributed by atoms with Crippen molar-refractivity contribution in [1.82, 2.24) is 19.7 Å². The Morgan fingerprint density at radius 1 is 0.602 bits per heavy atom. The van der Waals surface area contributed by atoms with Crippen LogP contribution in [-0.4, -0.2) is 39.1 Å². The molecular weight excluding hydrogens is 1030 g/mol. The van der Waals surface area contributed by atoms with Gasteiger partial charge in [0.2, 0.25) is 5.56 Å². The Hall–Kier alpha value is -6.36. The lowest BCUT2D eigenvalue weighted by molar-refractivity contribution is 0.136. The molecule has 0 saturated carbocycles. The van der Waals surface area contributed by atoms with E-state index in [4.69, 9.17) is 14.0 Å². The molecule has 3 aliphatic rings. The normalized spacial score (nSPS) is 14.3. The zero-order valence-corrected chi connectivity index (χ0v) is 56.4. The number of rotatable bonds is 0. The van der Waals surface area contributed by atoms with E-state index in [0.717, 1.165) is 41.5 Å². The number of nitrogens with one attached hydrogen (secondary N) is 1. The number of pyridine rings is 3. The summed E-state index contributed by atoms with van der Waals surface area (Å²) in [5, 5.41) is 3.61. The van der Waals surface area contributed by atoms with Crippen LogP contribution in [0.3, 0.4) is 0 Å². The molecule has 8 rings (SSSR count). The summed E-state index contributed by atoms with van der Waals surface area (Å²) in [6.45, 7) is 54.6. The molecule has 0 atom stereocenters. The molecule has 0 amide bonds. The third-order valence-corrected chi connectivity index (χ3v) is 12.9. The minimum absolute atomic E-state index is 0.0282. The average Bonchev–Trinajstić information content (AvgIpc) is 4.14. The maximum atomic E-state index is 12.8. The summed E-state index contributed by atoms with van der Waals surface area (Å²) >= 11 is 0. The number of ether oxygens (including phenoxy) is 2. The fourth-order valence-electron chi connectivity index (χ4n) is 7.30. The second-order valence-corrected chi connectivity index (χ2v) is 29.4. The first-order valence-electron chi connectivity index (χ1n) is 29.4. The van der Waals surface area contributed by atoms with Gasteiger partial charge in [0, 0.05) is 83.0 Å². The van der Waals surface area contributed by atoms with Crippen LogP contribution in [0.2, 0.25) is 0 Å². The van der Waals surface area contributed by atoms with Gasteiger partial charge in [-0.05, 0) is 94.4 Å². The van der Waals surface area contributed by atoms with Gasteiger partial charge in [0.1, 0.15) is 17.3 Å². The number of hydrogen-bond donors (Lipinski definition) is 1. The monoisotopic (exact) mass is 1140 g/mol. The van der Waals surface area contributed by atoms with Crippen molar-refractivity contribution in [3.63, 3.8) is 0 Å². The molecule has 11 heteroatoms. The molecule has 5 aromatic rings. The highest BCUT2D eigenvalue weighted by atomic mass is 19.1. The van der Waals surface area contributed by atoms with Crippen LogP contribution in [0.15, 0.2) is 164 Å². The molecule has 0 saturated heterocycles. The maximum absolute atomic E-state index is 12.8. The third-order valence-electron chi connectivity index (χ3n) is 12.9.